The van der Waals surface area contributed by atoms with E-state index in [0.29, 0.717) is 0 Å². The van der Waals surface area contributed by atoms with Crippen LogP contribution in [0, 0.1) is 0 Å². The molecular weight excluding hydrogens is 92.1 g/mol. The van der Waals surface area contributed by atoms with Crippen LogP contribution in [0.5, 0.6) is 0 Å². The van der Waals surface area contributed by atoms with Gasteiger partial charge < -0.3 is 4.89 Å². The standard InChI is InChI=1S/C5H8O2/c1-5(2)3-4-6-7-5/h3-4H,1-2H3. The first-order valence-corrected chi connectivity index (χ1v) is 2.23. The smallest absolute Gasteiger partial charge is 0.131 e. The maximum absolute atomic E-state index is 4.73. The fourth-order valence-corrected chi connectivity index (χ4v) is 0.371. The van der Waals surface area contributed by atoms with Crippen molar-refractivity contribution < 1.29 is 9.78 Å². The monoisotopic (exact) mass is 100 g/mol. The van der Waals surface area contributed by atoms with E-state index in [1.807, 2.05) is 19.9 Å². The van der Waals surface area contributed by atoms with Gasteiger partial charge in [-0.05, 0) is 19.9 Å². The summed E-state index contributed by atoms with van der Waals surface area (Å²) in [6.07, 6.45) is 3.40. The number of hydrogen-bond donors (Lipinski definition) is 0. The third-order valence-electron chi connectivity index (χ3n) is 0.788. The highest BCUT2D eigenvalue weighted by atomic mass is 17.2. The average molecular weight is 100 g/mol. The molecule has 1 heterocycles. The van der Waals surface area contributed by atoms with Crippen molar-refractivity contribution in [2.24, 2.45) is 0 Å². The van der Waals surface area contributed by atoms with Gasteiger partial charge >= 0.3 is 0 Å². The van der Waals surface area contributed by atoms with Crippen LogP contribution in [0.2, 0.25) is 0 Å². The molecule has 2 heteroatoms. The summed E-state index contributed by atoms with van der Waals surface area (Å²) in [6.45, 7) is 3.85. The SMILES string of the molecule is CC1(C)C=COO1. The molecule has 0 radical (unpaired) electrons. The fourth-order valence-electron chi connectivity index (χ4n) is 0.371. The minimum Gasteiger partial charge on any atom is -0.345 e. The van der Waals surface area contributed by atoms with Gasteiger partial charge in [-0.3, -0.25) is 0 Å². The van der Waals surface area contributed by atoms with Gasteiger partial charge in [0.2, 0.25) is 0 Å². The van der Waals surface area contributed by atoms with Gasteiger partial charge in [0.15, 0.2) is 0 Å². The Morgan fingerprint density at radius 3 is 2.29 bits per heavy atom. The van der Waals surface area contributed by atoms with Crippen molar-refractivity contribution in [3.05, 3.63) is 12.3 Å². The van der Waals surface area contributed by atoms with Gasteiger partial charge in [0.05, 0.1) is 0 Å². The zero-order valence-electron chi connectivity index (χ0n) is 4.47. The Morgan fingerprint density at radius 2 is 2.14 bits per heavy atom. The summed E-state index contributed by atoms with van der Waals surface area (Å²) in [5, 5.41) is 0. The lowest BCUT2D eigenvalue weighted by molar-refractivity contribution is -0.280. The Bertz CT molecular complexity index is 94.3. The normalized spacial score (nSPS) is 24.9. The van der Waals surface area contributed by atoms with Crippen molar-refractivity contribution in [1.29, 1.82) is 0 Å². The molecule has 0 saturated heterocycles. The quantitative estimate of drug-likeness (QED) is 0.426. The van der Waals surface area contributed by atoms with E-state index in [4.69, 9.17) is 4.89 Å². The second kappa shape index (κ2) is 1.23. The molecule has 0 N–H and O–H groups in total. The van der Waals surface area contributed by atoms with Gasteiger partial charge in [0, 0.05) is 0 Å². The molecule has 0 aliphatic carbocycles. The molecule has 0 unspecified atom stereocenters. The minimum atomic E-state index is -0.208. The molecule has 1 rings (SSSR count). The van der Waals surface area contributed by atoms with Crippen molar-refractivity contribution in [2.75, 3.05) is 0 Å². The highest BCUT2D eigenvalue weighted by Crippen LogP contribution is 2.16. The zero-order valence-corrected chi connectivity index (χ0v) is 4.47. The van der Waals surface area contributed by atoms with Crippen molar-refractivity contribution in [3.8, 4) is 0 Å². The van der Waals surface area contributed by atoms with Crippen LogP contribution < -0.4 is 0 Å². The molecule has 0 atom stereocenters. The Kier molecular flexibility index (Phi) is 0.820. The van der Waals surface area contributed by atoms with Crippen molar-refractivity contribution >= 4 is 0 Å². The van der Waals surface area contributed by atoms with Gasteiger partial charge in [0.1, 0.15) is 11.9 Å². The molecule has 0 aromatic rings. The first-order valence-electron chi connectivity index (χ1n) is 2.23. The van der Waals surface area contributed by atoms with E-state index >= 15 is 0 Å². The molecule has 40 valence electrons. The van der Waals surface area contributed by atoms with E-state index in [0.717, 1.165) is 0 Å². The molecule has 0 fully saturated rings. The van der Waals surface area contributed by atoms with Crippen LogP contribution in [0.15, 0.2) is 12.3 Å². The number of hydrogen-bond acceptors (Lipinski definition) is 2. The lowest BCUT2D eigenvalue weighted by Crippen LogP contribution is -2.14. The van der Waals surface area contributed by atoms with Crippen LogP contribution in [-0.2, 0) is 9.78 Å². The molecule has 0 spiro atoms. The number of rotatable bonds is 0. The van der Waals surface area contributed by atoms with E-state index in [9.17, 15) is 0 Å². The molecule has 1 aliphatic heterocycles. The summed E-state index contributed by atoms with van der Waals surface area (Å²) < 4.78 is 0. The Hall–Kier alpha value is -0.500. The topological polar surface area (TPSA) is 18.5 Å². The van der Waals surface area contributed by atoms with Crippen LogP contribution >= 0.6 is 0 Å². The molecule has 0 saturated carbocycles. The molecule has 1 aliphatic rings. The molecule has 2 nitrogen and oxygen atoms in total. The van der Waals surface area contributed by atoms with Gasteiger partial charge in [-0.25, -0.2) is 0 Å². The van der Waals surface area contributed by atoms with Crippen LogP contribution in [0.3, 0.4) is 0 Å². The van der Waals surface area contributed by atoms with E-state index in [-0.39, 0.29) is 5.60 Å². The summed E-state index contributed by atoms with van der Waals surface area (Å²) in [4.78, 5) is 9.21. The lowest BCUT2D eigenvalue weighted by atomic mass is 10.1. The second-order valence-corrected chi connectivity index (χ2v) is 2.09. The summed E-state index contributed by atoms with van der Waals surface area (Å²) in [5.41, 5.74) is -0.208. The lowest BCUT2D eigenvalue weighted by Gasteiger charge is -2.08. The van der Waals surface area contributed by atoms with Crippen molar-refractivity contribution in [3.63, 3.8) is 0 Å². The van der Waals surface area contributed by atoms with Crippen LogP contribution in [-0.4, -0.2) is 5.60 Å². The van der Waals surface area contributed by atoms with Crippen LogP contribution in [0.4, 0.5) is 0 Å². The summed E-state index contributed by atoms with van der Waals surface area (Å²) in [6, 6.07) is 0. The summed E-state index contributed by atoms with van der Waals surface area (Å²) in [5.74, 6) is 0. The van der Waals surface area contributed by atoms with E-state index in [1.54, 1.807) is 6.26 Å². The molecule has 0 bridgehead atoms. The first kappa shape index (κ1) is 4.65. The summed E-state index contributed by atoms with van der Waals surface area (Å²) in [7, 11) is 0. The first-order chi connectivity index (χ1) is 3.21. The van der Waals surface area contributed by atoms with E-state index < -0.39 is 0 Å². The van der Waals surface area contributed by atoms with Gasteiger partial charge in [-0.15, -0.1) is 0 Å². The van der Waals surface area contributed by atoms with Crippen LogP contribution in [0.25, 0.3) is 0 Å². The van der Waals surface area contributed by atoms with Gasteiger partial charge in [-0.2, -0.15) is 4.89 Å². The minimum absolute atomic E-state index is 0.208. The predicted octanol–water partition coefficient (Wildman–Crippen LogP) is 1.24. The van der Waals surface area contributed by atoms with Gasteiger partial charge in [0.25, 0.3) is 0 Å². The predicted molar refractivity (Wildman–Crippen MR) is 25.4 cm³/mol. The Balaban J connectivity index is 2.57. The maximum Gasteiger partial charge on any atom is 0.131 e. The average Bonchev–Trinajstić information content (AvgIpc) is 1.84. The third-order valence-corrected chi connectivity index (χ3v) is 0.788. The maximum atomic E-state index is 4.73. The van der Waals surface area contributed by atoms with E-state index in [1.165, 1.54) is 0 Å². The summed E-state index contributed by atoms with van der Waals surface area (Å²) >= 11 is 0. The molecule has 0 aromatic carbocycles. The van der Waals surface area contributed by atoms with Crippen molar-refractivity contribution in [1.82, 2.24) is 0 Å². The zero-order chi connectivity index (χ0) is 5.33. The fraction of sp³-hybridized carbons (Fsp3) is 0.600. The molecular formula is C5H8O2. The second-order valence-electron chi connectivity index (χ2n) is 2.09. The molecule has 7 heavy (non-hydrogen) atoms. The Morgan fingerprint density at radius 1 is 1.43 bits per heavy atom. The van der Waals surface area contributed by atoms with Crippen molar-refractivity contribution in [2.45, 2.75) is 19.4 Å². The van der Waals surface area contributed by atoms with Crippen LogP contribution in [0.1, 0.15) is 13.8 Å². The molecule has 0 amide bonds. The highest BCUT2D eigenvalue weighted by Gasteiger charge is 2.19. The highest BCUT2D eigenvalue weighted by molar-refractivity contribution is 4.94. The third kappa shape index (κ3) is 0.933. The Labute approximate surface area is 42.7 Å². The van der Waals surface area contributed by atoms with E-state index in [2.05, 4.69) is 4.89 Å². The largest absolute Gasteiger partial charge is 0.345 e. The van der Waals surface area contributed by atoms with Gasteiger partial charge in [-0.1, -0.05) is 0 Å². The molecule has 0 aromatic heterocycles.